The van der Waals surface area contributed by atoms with Crippen LogP contribution >= 0.6 is 11.3 Å². The van der Waals surface area contributed by atoms with Crippen LogP contribution in [0.3, 0.4) is 0 Å². The van der Waals surface area contributed by atoms with Crippen LogP contribution in [0.1, 0.15) is 22.5 Å². The average Bonchev–Trinajstić information content (AvgIpc) is 3.70. The Balaban J connectivity index is 1.20. The molecule has 3 aromatic heterocycles. The van der Waals surface area contributed by atoms with Gasteiger partial charge in [-0.3, -0.25) is 9.69 Å². The molecule has 8 rings (SSSR count). The van der Waals surface area contributed by atoms with Crippen LogP contribution < -0.4 is 0 Å². The van der Waals surface area contributed by atoms with Gasteiger partial charge in [-0.05, 0) is 60.4 Å². The summed E-state index contributed by atoms with van der Waals surface area (Å²) in [5, 5.41) is 10.9. The zero-order valence-corrected chi connectivity index (χ0v) is 27.7. The van der Waals surface area contributed by atoms with Crippen LogP contribution in [0.15, 0.2) is 91.0 Å². The van der Waals surface area contributed by atoms with E-state index in [1.54, 1.807) is 24.3 Å². The molecule has 1 N–H and O–H groups in total. The monoisotopic (exact) mass is 674 g/mol. The number of likely N-dealkylation sites (tertiary alicyclic amines) is 1. The summed E-state index contributed by atoms with van der Waals surface area (Å²) in [6, 6.07) is 28.4. The molecule has 49 heavy (non-hydrogen) atoms. The number of pyridine rings is 1. The third-order valence-corrected chi connectivity index (χ3v) is 10.9. The number of benzene rings is 3. The molecule has 1 amide bonds. The van der Waals surface area contributed by atoms with Crippen LogP contribution in [-0.4, -0.2) is 81.8 Å². The van der Waals surface area contributed by atoms with E-state index in [0.717, 1.165) is 82.6 Å². The molecule has 248 valence electrons. The predicted molar refractivity (Wildman–Crippen MR) is 190 cm³/mol. The highest BCUT2D eigenvalue weighted by Gasteiger charge is 2.30. The maximum absolute atomic E-state index is 14.6. The average molecular weight is 675 g/mol. The largest absolute Gasteiger partial charge is 0.477 e. The molecular weight excluding hydrogens is 640 g/mol. The van der Waals surface area contributed by atoms with Crippen molar-refractivity contribution in [3.05, 3.63) is 102 Å². The van der Waals surface area contributed by atoms with Gasteiger partial charge in [0.2, 0.25) is 5.91 Å². The zero-order chi connectivity index (χ0) is 33.5. The molecular formula is C39H35FN4O4S. The molecule has 2 fully saturated rings. The number of halogens is 1. The number of carboxylic acids is 1. The fourth-order valence-corrected chi connectivity index (χ4v) is 8.38. The second-order valence-corrected chi connectivity index (χ2v) is 13.7. The minimum Gasteiger partial charge on any atom is -0.477 e. The van der Waals surface area contributed by atoms with E-state index in [1.165, 1.54) is 17.4 Å². The molecule has 0 spiro atoms. The number of ether oxygens (including phenoxy) is 1. The Hall–Kier alpha value is -4.90. The van der Waals surface area contributed by atoms with Crippen LogP contribution in [0.4, 0.5) is 4.39 Å². The number of thiophene rings is 1. The van der Waals surface area contributed by atoms with E-state index in [0.29, 0.717) is 30.4 Å². The number of carbonyl (C=O) groups excluding carboxylic acids is 1. The Kier molecular flexibility index (Phi) is 8.45. The summed E-state index contributed by atoms with van der Waals surface area (Å²) in [4.78, 5) is 35.7. The third-order valence-electron chi connectivity index (χ3n) is 9.80. The SMILES string of the molecule is O=C(O)c1cc2c(s1)c(-c1ccccc1)c(-c1ccc3nc(-c4ccccc4F)ccc3c1)n2CC(=O)N1CCC(N2CCOCC2)CC1. The fourth-order valence-electron chi connectivity index (χ4n) is 7.32. The number of piperidine rings is 1. The van der Waals surface area contributed by atoms with Gasteiger partial charge in [0.1, 0.15) is 17.2 Å². The van der Waals surface area contributed by atoms with Crippen LogP contribution in [0.25, 0.3) is 54.8 Å². The summed E-state index contributed by atoms with van der Waals surface area (Å²) in [6.07, 6.45) is 1.84. The smallest absolute Gasteiger partial charge is 0.345 e. The van der Waals surface area contributed by atoms with Crippen molar-refractivity contribution in [3.63, 3.8) is 0 Å². The van der Waals surface area contributed by atoms with Crippen molar-refractivity contribution in [3.8, 4) is 33.6 Å². The summed E-state index contributed by atoms with van der Waals surface area (Å²) in [6.45, 7) is 4.82. The standard InChI is InChI=1S/C39H35FN4O4S/c40-30-9-5-4-8-29(30)32-13-10-26-22-27(11-12-31(26)41-32)37-36(25-6-2-1-3-7-25)38-33(23-34(49-38)39(46)47)44(37)24-35(45)43-16-14-28(15-17-43)42-18-20-48-21-19-42/h1-13,22-23,28H,14-21,24H2,(H,46,47). The Morgan fingerprint density at radius 2 is 1.63 bits per heavy atom. The van der Waals surface area contributed by atoms with Crippen LogP contribution in [0.2, 0.25) is 0 Å². The number of carboxylic acid groups (broad SMARTS) is 1. The minimum absolute atomic E-state index is 0.0123. The first-order valence-electron chi connectivity index (χ1n) is 16.6. The molecule has 0 aliphatic carbocycles. The van der Waals surface area contributed by atoms with Crippen molar-refractivity contribution in [2.24, 2.45) is 0 Å². The van der Waals surface area contributed by atoms with Crippen molar-refractivity contribution in [1.82, 2.24) is 19.4 Å². The van der Waals surface area contributed by atoms with E-state index in [2.05, 4.69) is 4.90 Å². The summed E-state index contributed by atoms with van der Waals surface area (Å²) >= 11 is 1.23. The Morgan fingerprint density at radius 1 is 0.878 bits per heavy atom. The van der Waals surface area contributed by atoms with Gasteiger partial charge in [0, 0.05) is 48.7 Å². The lowest BCUT2D eigenvalue weighted by atomic mass is 9.99. The molecule has 3 aromatic carbocycles. The van der Waals surface area contributed by atoms with Gasteiger partial charge in [-0.2, -0.15) is 0 Å². The van der Waals surface area contributed by atoms with E-state index < -0.39 is 5.97 Å². The molecule has 2 aliphatic heterocycles. The lowest BCUT2D eigenvalue weighted by molar-refractivity contribution is -0.133. The molecule has 0 unspecified atom stereocenters. The summed E-state index contributed by atoms with van der Waals surface area (Å²) in [5.74, 6) is -1.31. The van der Waals surface area contributed by atoms with Crippen molar-refractivity contribution < 1.29 is 23.8 Å². The molecule has 0 bridgehead atoms. The van der Waals surface area contributed by atoms with Gasteiger partial charge in [-0.1, -0.05) is 54.6 Å². The molecule has 2 aliphatic rings. The number of aromatic carboxylic acids is 1. The lowest BCUT2D eigenvalue weighted by Crippen LogP contribution is -2.50. The number of fused-ring (bicyclic) bond motifs is 2. The lowest BCUT2D eigenvalue weighted by Gasteiger charge is -2.40. The van der Waals surface area contributed by atoms with Gasteiger partial charge >= 0.3 is 5.97 Å². The maximum atomic E-state index is 14.6. The van der Waals surface area contributed by atoms with Crippen LogP contribution in [0, 0.1) is 5.82 Å². The predicted octanol–water partition coefficient (Wildman–Crippen LogP) is 7.41. The third kappa shape index (κ3) is 6.01. The van der Waals surface area contributed by atoms with Crippen LogP contribution in [-0.2, 0) is 16.1 Å². The highest BCUT2D eigenvalue weighted by atomic mass is 32.1. The molecule has 2 saturated heterocycles. The topological polar surface area (TPSA) is 87.9 Å². The first kappa shape index (κ1) is 31.4. The fraction of sp³-hybridized carbons (Fsp3) is 0.256. The summed E-state index contributed by atoms with van der Waals surface area (Å²) in [7, 11) is 0. The van der Waals surface area contributed by atoms with Gasteiger partial charge in [-0.25, -0.2) is 14.2 Å². The summed E-state index contributed by atoms with van der Waals surface area (Å²) in [5.41, 5.74) is 5.99. The van der Waals surface area contributed by atoms with Crippen molar-refractivity contribution in [2.45, 2.75) is 25.4 Å². The van der Waals surface area contributed by atoms with Gasteiger partial charge in [0.25, 0.3) is 0 Å². The molecule has 5 heterocycles. The highest BCUT2D eigenvalue weighted by molar-refractivity contribution is 7.21. The number of hydrogen-bond acceptors (Lipinski definition) is 6. The van der Waals surface area contributed by atoms with Crippen molar-refractivity contribution in [2.75, 3.05) is 39.4 Å². The van der Waals surface area contributed by atoms with Crippen LogP contribution in [0.5, 0.6) is 0 Å². The van der Waals surface area contributed by atoms with E-state index in [4.69, 9.17) is 9.72 Å². The second kappa shape index (κ2) is 13.2. The van der Waals surface area contributed by atoms with Gasteiger partial charge < -0.3 is 19.3 Å². The van der Waals surface area contributed by atoms with E-state index in [1.807, 2.05) is 70.1 Å². The second-order valence-electron chi connectivity index (χ2n) is 12.7. The maximum Gasteiger partial charge on any atom is 0.345 e. The molecule has 6 aromatic rings. The Labute approximate surface area is 287 Å². The van der Waals surface area contributed by atoms with E-state index >= 15 is 0 Å². The van der Waals surface area contributed by atoms with Gasteiger partial charge in [0.15, 0.2) is 0 Å². The van der Waals surface area contributed by atoms with Crippen molar-refractivity contribution >= 4 is 44.3 Å². The number of aromatic nitrogens is 2. The van der Waals surface area contributed by atoms with Gasteiger partial charge in [0.05, 0.1) is 40.3 Å². The number of nitrogens with zero attached hydrogens (tertiary/aromatic N) is 4. The molecule has 0 saturated carbocycles. The summed E-state index contributed by atoms with van der Waals surface area (Å²) < 4.78 is 22.9. The Bertz CT molecular complexity index is 2180. The first-order chi connectivity index (χ1) is 23.9. The van der Waals surface area contributed by atoms with E-state index in [9.17, 15) is 19.1 Å². The molecule has 0 radical (unpaired) electrons. The Morgan fingerprint density at radius 3 is 2.39 bits per heavy atom. The first-order valence-corrected chi connectivity index (χ1v) is 17.5. The minimum atomic E-state index is -0.993. The number of rotatable bonds is 7. The van der Waals surface area contributed by atoms with E-state index in [-0.39, 0.29) is 23.1 Å². The normalized spacial score (nSPS) is 16.1. The quantitative estimate of drug-likeness (QED) is 0.190. The molecule has 8 nitrogen and oxygen atoms in total. The zero-order valence-electron chi connectivity index (χ0n) is 26.8. The number of morpholine rings is 1. The number of amides is 1. The number of carbonyl (C=O) groups is 2. The highest BCUT2D eigenvalue weighted by Crippen LogP contribution is 2.45. The number of hydrogen-bond donors (Lipinski definition) is 1. The molecule has 10 heteroatoms. The molecule has 0 atom stereocenters. The van der Waals surface area contributed by atoms with Crippen molar-refractivity contribution in [1.29, 1.82) is 0 Å². The van der Waals surface area contributed by atoms with Gasteiger partial charge in [-0.15, -0.1) is 11.3 Å².